The third-order valence-corrected chi connectivity index (χ3v) is 6.15. The molecule has 0 aliphatic carbocycles. The fraction of sp³-hybridized carbons (Fsp3) is 0.0800. The molecule has 0 radical (unpaired) electrons. The molecule has 5 aromatic rings. The van der Waals surface area contributed by atoms with Crippen molar-refractivity contribution in [3.63, 3.8) is 0 Å². The van der Waals surface area contributed by atoms with Crippen molar-refractivity contribution in [2.75, 3.05) is 7.11 Å². The van der Waals surface area contributed by atoms with E-state index in [9.17, 15) is 10.1 Å². The maximum Gasteiger partial charge on any atom is 0.294 e. The highest BCUT2D eigenvalue weighted by molar-refractivity contribution is 7.07. The quantitative estimate of drug-likeness (QED) is 0.226. The lowest BCUT2D eigenvalue weighted by Crippen LogP contribution is -2.17. The van der Waals surface area contributed by atoms with E-state index in [1.807, 2.05) is 64.5 Å². The fourth-order valence-electron chi connectivity index (χ4n) is 3.70. The molecule has 5 rings (SSSR count). The summed E-state index contributed by atoms with van der Waals surface area (Å²) < 4.78 is 13.7. The number of nitro benzene ring substituents is 1. The Balaban J connectivity index is 1.71. The molecule has 0 aliphatic rings. The molecule has 0 bridgehead atoms. The van der Waals surface area contributed by atoms with E-state index in [1.54, 1.807) is 25.3 Å². The molecule has 0 atom stereocenters. The molecule has 0 fully saturated rings. The lowest BCUT2D eigenvalue weighted by Gasteiger charge is -2.11. The van der Waals surface area contributed by atoms with E-state index in [-0.39, 0.29) is 5.69 Å². The molecule has 0 spiro atoms. The SMILES string of the molecule is COc1ccccc1Cn1c(-c2cc3ccccc3o2)csc1=Nc1ccccc1[N+](=O)[O-]. The first-order valence-electron chi connectivity index (χ1n) is 10.2. The molecule has 3 aromatic carbocycles. The Labute approximate surface area is 193 Å². The predicted molar refractivity (Wildman–Crippen MR) is 128 cm³/mol. The third-order valence-electron chi connectivity index (χ3n) is 5.29. The van der Waals surface area contributed by atoms with Crippen molar-refractivity contribution in [2.24, 2.45) is 4.99 Å². The molecule has 7 nitrogen and oxygen atoms in total. The van der Waals surface area contributed by atoms with Crippen LogP contribution in [0.2, 0.25) is 0 Å². The number of para-hydroxylation sites is 4. The number of furan rings is 1. The number of methoxy groups -OCH3 is 1. The van der Waals surface area contributed by atoms with Gasteiger partial charge in [0.25, 0.3) is 5.69 Å². The van der Waals surface area contributed by atoms with Crippen molar-refractivity contribution in [2.45, 2.75) is 6.54 Å². The van der Waals surface area contributed by atoms with Crippen LogP contribution in [-0.2, 0) is 6.54 Å². The van der Waals surface area contributed by atoms with Gasteiger partial charge in [-0.2, -0.15) is 0 Å². The average Bonchev–Trinajstić information content (AvgIpc) is 3.43. The van der Waals surface area contributed by atoms with E-state index in [0.29, 0.717) is 22.8 Å². The first-order chi connectivity index (χ1) is 16.1. The standard InChI is InChI=1S/C25H19N3O4S/c1-31-22-12-6-3-9-18(22)15-27-21(24-14-17-8-2-7-13-23(17)32-24)16-33-25(27)26-19-10-4-5-11-20(19)28(29)30/h2-14,16H,15H2,1H3. The first kappa shape index (κ1) is 20.7. The second kappa shape index (κ2) is 8.76. The molecule has 2 aromatic heterocycles. The molecule has 0 unspecified atom stereocenters. The molecular formula is C25H19N3O4S. The molecular weight excluding hydrogens is 438 g/mol. The molecule has 2 heterocycles. The minimum Gasteiger partial charge on any atom is -0.496 e. The van der Waals surface area contributed by atoms with Gasteiger partial charge in [0.05, 0.1) is 24.3 Å². The zero-order valence-electron chi connectivity index (χ0n) is 17.7. The fourth-order valence-corrected chi connectivity index (χ4v) is 4.60. The maximum absolute atomic E-state index is 11.5. The summed E-state index contributed by atoms with van der Waals surface area (Å²) >= 11 is 1.40. The summed E-state index contributed by atoms with van der Waals surface area (Å²) in [6.07, 6.45) is 0. The summed E-state index contributed by atoms with van der Waals surface area (Å²) in [6, 6.07) is 24.0. The number of aromatic nitrogens is 1. The number of ether oxygens (including phenoxy) is 1. The number of hydrogen-bond acceptors (Lipinski definition) is 6. The van der Waals surface area contributed by atoms with Crippen molar-refractivity contribution in [3.05, 3.63) is 105 Å². The summed E-state index contributed by atoms with van der Waals surface area (Å²) in [4.78, 5) is 16.4. The van der Waals surface area contributed by atoms with Crippen LogP contribution in [0.3, 0.4) is 0 Å². The van der Waals surface area contributed by atoms with Crippen LogP contribution in [0.5, 0.6) is 5.75 Å². The first-order valence-corrected chi connectivity index (χ1v) is 11.1. The molecule has 8 heteroatoms. The van der Waals surface area contributed by atoms with Gasteiger partial charge in [0.15, 0.2) is 10.6 Å². The monoisotopic (exact) mass is 457 g/mol. The van der Waals surface area contributed by atoms with Crippen molar-refractivity contribution >= 4 is 33.7 Å². The van der Waals surface area contributed by atoms with Gasteiger partial charge in [-0.3, -0.25) is 10.1 Å². The molecule has 0 saturated carbocycles. The Kier molecular flexibility index (Phi) is 5.50. The summed E-state index contributed by atoms with van der Waals surface area (Å²) in [5, 5.41) is 14.5. The number of nitro groups is 1. The Morgan fingerprint density at radius 1 is 1.06 bits per heavy atom. The Morgan fingerprint density at radius 3 is 2.64 bits per heavy atom. The van der Waals surface area contributed by atoms with Gasteiger partial charge >= 0.3 is 0 Å². The summed E-state index contributed by atoms with van der Waals surface area (Å²) in [5.41, 5.74) is 2.84. The maximum atomic E-state index is 11.5. The van der Waals surface area contributed by atoms with Crippen LogP contribution in [0.15, 0.2) is 93.7 Å². The van der Waals surface area contributed by atoms with Gasteiger partial charge in [-0.15, -0.1) is 11.3 Å². The minimum atomic E-state index is -0.419. The normalized spacial score (nSPS) is 11.7. The molecule has 0 aliphatic heterocycles. The Morgan fingerprint density at radius 2 is 1.82 bits per heavy atom. The van der Waals surface area contributed by atoms with Gasteiger partial charge < -0.3 is 13.7 Å². The highest BCUT2D eigenvalue weighted by Crippen LogP contribution is 2.31. The van der Waals surface area contributed by atoms with Crippen LogP contribution in [0.4, 0.5) is 11.4 Å². The number of hydrogen-bond donors (Lipinski definition) is 0. The van der Waals surface area contributed by atoms with Crippen molar-refractivity contribution in [1.82, 2.24) is 4.57 Å². The van der Waals surface area contributed by atoms with Crippen LogP contribution >= 0.6 is 11.3 Å². The average molecular weight is 458 g/mol. The second-order valence-electron chi connectivity index (χ2n) is 7.31. The molecule has 0 amide bonds. The van der Waals surface area contributed by atoms with Gasteiger partial charge in [-0.1, -0.05) is 48.5 Å². The number of benzene rings is 3. The molecule has 33 heavy (non-hydrogen) atoms. The summed E-state index contributed by atoms with van der Waals surface area (Å²) in [7, 11) is 1.63. The molecule has 0 saturated heterocycles. The van der Waals surface area contributed by atoms with Crippen LogP contribution in [0.25, 0.3) is 22.4 Å². The van der Waals surface area contributed by atoms with Crippen LogP contribution in [-0.4, -0.2) is 16.6 Å². The van der Waals surface area contributed by atoms with Crippen LogP contribution in [0.1, 0.15) is 5.56 Å². The highest BCUT2D eigenvalue weighted by Gasteiger charge is 2.17. The number of nitrogens with zero attached hydrogens (tertiary/aromatic N) is 3. The second-order valence-corrected chi connectivity index (χ2v) is 8.14. The third kappa shape index (κ3) is 4.04. The van der Waals surface area contributed by atoms with E-state index < -0.39 is 4.92 Å². The van der Waals surface area contributed by atoms with E-state index in [4.69, 9.17) is 9.15 Å². The van der Waals surface area contributed by atoms with Crippen LogP contribution < -0.4 is 9.54 Å². The van der Waals surface area contributed by atoms with Gasteiger partial charge in [-0.05, 0) is 24.3 Å². The van der Waals surface area contributed by atoms with Gasteiger partial charge in [0.1, 0.15) is 17.0 Å². The zero-order chi connectivity index (χ0) is 22.8. The zero-order valence-corrected chi connectivity index (χ0v) is 18.5. The van der Waals surface area contributed by atoms with Crippen molar-refractivity contribution in [3.8, 4) is 17.2 Å². The van der Waals surface area contributed by atoms with Gasteiger partial charge in [-0.25, -0.2) is 4.99 Å². The van der Waals surface area contributed by atoms with Crippen molar-refractivity contribution in [1.29, 1.82) is 0 Å². The largest absolute Gasteiger partial charge is 0.496 e. The number of fused-ring (bicyclic) bond motifs is 1. The van der Waals surface area contributed by atoms with E-state index in [0.717, 1.165) is 28.0 Å². The number of rotatable bonds is 6. The lowest BCUT2D eigenvalue weighted by molar-refractivity contribution is -0.384. The Bertz CT molecular complexity index is 1500. The topological polar surface area (TPSA) is 82.8 Å². The lowest BCUT2D eigenvalue weighted by atomic mass is 10.2. The van der Waals surface area contributed by atoms with E-state index in [2.05, 4.69) is 4.99 Å². The molecule has 164 valence electrons. The van der Waals surface area contributed by atoms with E-state index in [1.165, 1.54) is 17.4 Å². The number of thiazole rings is 1. The highest BCUT2D eigenvalue weighted by atomic mass is 32.1. The smallest absolute Gasteiger partial charge is 0.294 e. The summed E-state index contributed by atoms with van der Waals surface area (Å²) in [6.45, 7) is 0.458. The Hall–Kier alpha value is -4.17. The molecule has 0 N–H and O–H groups in total. The van der Waals surface area contributed by atoms with Crippen LogP contribution in [0, 0.1) is 10.1 Å². The van der Waals surface area contributed by atoms with Gasteiger partial charge in [0, 0.05) is 22.4 Å². The predicted octanol–water partition coefficient (Wildman–Crippen LogP) is 6.16. The van der Waals surface area contributed by atoms with Gasteiger partial charge in [0.2, 0.25) is 0 Å². The van der Waals surface area contributed by atoms with E-state index >= 15 is 0 Å². The van der Waals surface area contributed by atoms with Crippen molar-refractivity contribution < 1.29 is 14.1 Å². The minimum absolute atomic E-state index is 0.0416. The summed E-state index contributed by atoms with van der Waals surface area (Å²) in [5.74, 6) is 1.45.